The Morgan fingerprint density at radius 2 is 2.19 bits per heavy atom. The fourth-order valence-electron chi connectivity index (χ4n) is 2.51. The summed E-state index contributed by atoms with van der Waals surface area (Å²) in [6, 6.07) is -0.00236. The largest absolute Gasteiger partial charge is 0.480 e. The van der Waals surface area contributed by atoms with Crippen LogP contribution in [0.2, 0.25) is 0 Å². The Hall–Kier alpha value is -0.610. The van der Waals surface area contributed by atoms with Crippen LogP contribution < -0.4 is 10.6 Å². The molecule has 1 aliphatic heterocycles. The first-order valence-corrected chi connectivity index (χ1v) is 5.99. The molecule has 0 amide bonds. The van der Waals surface area contributed by atoms with E-state index in [1.54, 1.807) is 0 Å². The van der Waals surface area contributed by atoms with Gasteiger partial charge in [0.05, 0.1) is 0 Å². The Kier molecular flexibility index (Phi) is 4.33. The number of hydrogen-bond donors (Lipinski definition) is 3. The van der Waals surface area contributed by atoms with E-state index in [-0.39, 0.29) is 17.4 Å². The molecular formula is C12H24N2O2. The van der Waals surface area contributed by atoms with Gasteiger partial charge in [-0.25, -0.2) is 0 Å². The van der Waals surface area contributed by atoms with Crippen LogP contribution in [-0.4, -0.2) is 36.8 Å². The van der Waals surface area contributed by atoms with Gasteiger partial charge in [0.1, 0.15) is 6.04 Å². The molecule has 4 heteroatoms. The van der Waals surface area contributed by atoms with E-state index in [2.05, 4.69) is 31.4 Å². The molecule has 0 saturated carbocycles. The van der Waals surface area contributed by atoms with Gasteiger partial charge in [0, 0.05) is 6.04 Å². The molecule has 0 aromatic heterocycles. The Morgan fingerprint density at radius 3 is 2.62 bits per heavy atom. The molecule has 0 aliphatic carbocycles. The maximum absolute atomic E-state index is 11.0. The van der Waals surface area contributed by atoms with Gasteiger partial charge in [0.15, 0.2) is 0 Å². The van der Waals surface area contributed by atoms with Crippen molar-refractivity contribution in [3.63, 3.8) is 0 Å². The van der Waals surface area contributed by atoms with Crippen molar-refractivity contribution in [2.75, 3.05) is 13.6 Å². The third kappa shape index (κ3) is 3.19. The van der Waals surface area contributed by atoms with E-state index in [0.717, 1.165) is 19.4 Å². The van der Waals surface area contributed by atoms with Gasteiger partial charge >= 0.3 is 5.97 Å². The highest BCUT2D eigenvalue weighted by atomic mass is 16.4. The fourth-order valence-corrected chi connectivity index (χ4v) is 2.51. The zero-order valence-electron chi connectivity index (χ0n) is 10.7. The van der Waals surface area contributed by atoms with E-state index in [0.29, 0.717) is 6.04 Å². The molecule has 0 bridgehead atoms. The standard InChI is InChI=1S/C12H24N2O2/c1-12(2,3)9(13-4)7-8-5-6-14-10(8)11(15)16/h8-10,13-14H,5-7H2,1-4H3,(H,15,16). The summed E-state index contributed by atoms with van der Waals surface area (Å²) in [5, 5.41) is 15.5. The molecule has 0 radical (unpaired) electrons. The van der Waals surface area contributed by atoms with E-state index >= 15 is 0 Å². The molecule has 4 nitrogen and oxygen atoms in total. The summed E-state index contributed by atoms with van der Waals surface area (Å²) in [6.07, 6.45) is 1.88. The zero-order valence-corrected chi connectivity index (χ0v) is 10.7. The van der Waals surface area contributed by atoms with Crippen molar-refractivity contribution in [1.82, 2.24) is 10.6 Å². The van der Waals surface area contributed by atoms with Crippen molar-refractivity contribution >= 4 is 5.97 Å². The molecular weight excluding hydrogens is 204 g/mol. The van der Waals surface area contributed by atoms with Gasteiger partial charge < -0.3 is 15.7 Å². The average molecular weight is 228 g/mol. The van der Waals surface area contributed by atoms with Crippen LogP contribution in [0.15, 0.2) is 0 Å². The topological polar surface area (TPSA) is 61.4 Å². The van der Waals surface area contributed by atoms with Gasteiger partial charge in [-0.3, -0.25) is 4.79 Å². The second kappa shape index (κ2) is 5.15. The van der Waals surface area contributed by atoms with Crippen LogP contribution in [0, 0.1) is 11.3 Å². The summed E-state index contributed by atoms with van der Waals surface area (Å²) in [4.78, 5) is 11.0. The molecule has 16 heavy (non-hydrogen) atoms. The molecule has 3 N–H and O–H groups in total. The smallest absolute Gasteiger partial charge is 0.320 e. The molecule has 1 aliphatic rings. The highest BCUT2D eigenvalue weighted by molar-refractivity contribution is 5.74. The van der Waals surface area contributed by atoms with Crippen molar-refractivity contribution in [2.45, 2.75) is 45.7 Å². The lowest BCUT2D eigenvalue weighted by molar-refractivity contribution is -0.140. The number of rotatable bonds is 4. The predicted octanol–water partition coefficient (Wildman–Crippen LogP) is 1.07. The quantitative estimate of drug-likeness (QED) is 0.673. The molecule has 1 heterocycles. The summed E-state index contributed by atoms with van der Waals surface area (Å²) >= 11 is 0. The van der Waals surface area contributed by atoms with Crippen LogP contribution >= 0.6 is 0 Å². The highest BCUT2D eigenvalue weighted by Crippen LogP contribution is 2.29. The molecule has 0 aromatic carbocycles. The van der Waals surface area contributed by atoms with Crippen LogP contribution in [0.4, 0.5) is 0 Å². The molecule has 1 saturated heterocycles. The van der Waals surface area contributed by atoms with Crippen molar-refractivity contribution in [3.8, 4) is 0 Å². The summed E-state index contributed by atoms with van der Waals surface area (Å²) in [5.74, 6) is -0.472. The zero-order chi connectivity index (χ0) is 12.3. The Morgan fingerprint density at radius 1 is 1.56 bits per heavy atom. The monoisotopic (exact) mass is 228 g/mol. The fraction of sp³-hybridized carbons (Fsp3) is 0.917. The van der Waals surface area contributed by atoms with E-state index in [1.165, 1.54) is 0 Å². The Labute approximate surface area is 97.8 Å². The van der Waals surface area contributed by atoms with Crippen molar-refractivity contribution in [1.29, 1.82) is 0 Å². The van der Waals surface area contributed by atoms with Crippen LogP contribution in [0.25, 0.3) is 0 Å². The van der Waals surface area contributed by atoms with Gasteiger partial charge in [-0.05, 0) is 37.8 Å². The van der Waals surface area contributed by atoms with Crippen LogP contribution in [0.5, 0.6) is 0 Å². The summed E-state index contributed by atoms with van der Waals surface area (Å²) in [5.41, 5.74) is 0.167. The lowest BCUT2D eigenvalue weighted by Crippen LogP contribution is -2.43. The van der Waals surface area contributed by atoms with Gasteiger partial charge in [0.25, 0.3) is 0 Å². The molecule has 1 rings (SSSR count). The maximum atomic E-state index is 11.0. The lowest BCUT2D eigenvalue weighted by atomic mass is 9.79. The first kappa shape index (κ1) is 13.5. The SMILES string of the molecule is CNC(CC1CCNC1C(=O)O)C(C)(C)C. The molecule has 0 spiro atoms. The van der Waals surface area contributed by atoms with Crippen LogP contribution in [0.3, 0.4) is 0 Å². The predicted molar refractivity (Wildman–Crippen MR) is 64.5 cm³/mol. The van der Waals surface area contributed by atoms with Gasteiger partial charge in [-0.2, -0.15) is 0 Å². The normalized spacial score (nSPS) is 28.0. The third-order valence-corrected chi connectivity index (χ3v) is 3.55. The average Bonchev–Trinajstić information content (AvgIpc) is 2.59. The number of hydrogen-bond acceptors (Lipinski definition) is 3. The minimum Gasteiger partial charge on any atom is -0.480 e. The second-order valence-electron chi connectivity index (χ2n) is 5.76. The first-order chi connectivity index (χ1) is 7.36. The molecule has 3 atom stereocenters. The van der Waals surface area contributed by atoms with Crippen molar-refractivity contribution in [3.05, 3.63) is 0 Å². The first-order valence-electron chi connectivity index (χ1n) is 5.99. The van der Waals surface area contributed by atoms with Crippen LogP contribution in [-0.2, 0) is 4.79 Å². The molecule has 94 valence electrons. The van der Waals surface area contributed by atoms with E-state index in [4.69, 9.17) is 5.11 Å². The number of aliphatic carboxylic acids is 1. The van der Waals surface area contributed by atoms with Gasteiger partial charge in [-0.15, -0.1) is 0 Å². The molecule has 3 unspecified atom stereocenters. The van der Waals surface area contributed by atoms with E-state index in [9.17, 15) is 4.79 Å². The third-order valence-electron chi connectivity index (χ3n) is 3.55. The highest BCUT2D eigenvalue weighted by Gasteiger charge is 2.36. The lowest BCUT2D eigenvalue weighted by Gasteiger charge is -2.33. The van der Waals surface area contributed by atoms with E-state index in [1.807, 2.05) is 7.05 Å². The molecule has 1 fully saturated rings. The number of carboxylic acids is 1. The summed E-state index contributed by atoms with van der Waals surface area (Å²) in [7, 11) is 1.95. The number of carbonyl (C=O) groups is 1. The Bertz CT molecular complexity index is 248. The summed E-state index contributed by atoms with van der Waals surface area (Å²) < 4.78 is 0. The maximum Gasteiger partial charge on any atom is 0.320 e. The number of carboxylic acid groups (broad SMARTS) is 1. The van der Waals surface area contributed by atoms with E-state index < -0.39 is 5.97 Å². The minimum absolute atomic E-state index is 0.167. The Balaban J connectivity index is 2.61. The van der Waals surface area contributed by atoms with Crippen LogP contribution in [0.1, 0.15) is 33.6 Å². The van der Waals surface area contributed by atoms with Gasteiger partial charge in [-0.1, -0.05) is 20.8 Å². The van der Waals surface area contributed by atoms with Crippen molar-refractivity contribution < 1.29 is 9.90 Å². The van der Waals surface area contributed by atoms with Gasteiger partial charge in [0.2, 0.25) is 0 Å². The second-order valence-corrected chi connectivity index (χ2v) is 5.76. The molecule has 0 aromatic rings. The summed E-state index contributed by atoms with van der Waals surface area (Å²) in [6.45, 7) is 7.38. The number of nitrogens with one attached hydrogen (secondary N) is 2. The minimum atomic E-state index is -0.716. The van der Waals surface area contributed by atoms with Crippen molar-refractivity contribution in [2.24, 2.45) is 11.3 Å².